The summed E-state index contributed by atoms with van der Waals surface area (Å²) in [6.45, 7) is 6.23. The Morgan fingerprint density at radius 1 is 0.949 bits per heavy atom. The summed E-state index contributed by atoms with van der Waals surface area (Å²) in [7, 11) is 0. The van der Waals surface area contributed by atoms with Crippen molar-refractivity contribution in [1.82, 2.24) is 5.32 Å². The maximum Gasteiger partial charge on any atom is 0.336 e. The van der Waals surface area contributed by atoms with E-state index in [4.69, 9.17) is 37.4 Å². The number of ether oxygens (including phenoxy) is 3. The molecule has 3 aromatic rings. The smallest absolute Gasteiger partial charge is 0.336 e. The monoisotopic (exact) mass is 563 g/mol. The fraction of sp³-hybridized carbons (Fsp3) is 0.226. The molecule has 2 aliphatic rings. The van der Waals surface area contributed by atoms with Crippen LogP contribution in [0.5, 0.6) is 11.5 Å². The van der Waals surface area contributed by atoms with E-state index in [-0.39, 0.29) is 19.0 Å². The van der Waals surface area contributed by atoms with Gasteiger partial charge in [-0.3, -0.25) is 4.79 Å². The van der Waals surface area contributed by atoms with E-state index < -0.39 is 11.9 Å². The van der Waals surface area contributed by atoms with E-state index in [1.165, 1.54) is 0 Å². The van der Waals surface area contributed by atoms with E-state index in [2.05, 4.69) is 5.32 Å². The van der Waals surface area contributed by atoms with E-state index in [1.54, 1.807) is 37.3 Å². The Kier molecular flexibility index (Phi) is 7.69. The van der Waals surface area contributed by atoms with Crippen molar-refractivity contribution in [3.8, 4) is 11.5 Å². The van der Waals surface area contributed by atoms with Crippen LogP contribution in [0.1, 0.15) is 53.7 Å². The van der Waals surface area contributed by atoms with Crippen LogP contribution < -0.4 is 14.8 Å². The average molecular weight is 564 g/mol. The number of esters is 1. The van der Waals surface area contributed by atoms with Gasteiger partial charge in [0.05, 0.1) is 29.5 Å². The van der Waals surface area contributed by atoms with Crippen LogP contribution in [0, 0.1) is 0 Å². The van der Waals surface area contributed by atoms with Gasteiger partial charge in [0.1, 0.15) is 6.61 Å². The Balaban J connectivity index is 1.61. The molecule has 0 spiro atoms. The van der Waals surface area contributed by atoms with Crippen LogP contribution in [-0.2, 0) is 16.1 Å². The number of rotatable bonds is 8. The maximum atomic E-state index is 13.7. The molecule has 0 unspecified atom stereocenters. The lowest BCUT2D eigenvalue weighted by Gasteiger charge is -2.30. The molecule has 6 nitrogen and oxygen atoms in total. The highest BCUT2D eigenvalue weighted by Crippen LogP contribution is 2.49. The third-order valence-corrected chi connectivity index (χ3v) is 7.24. The molecule has 0 aromatic heterocycles. The fourth-order valence-electron chi connectivity index (χ4n) is 5.04. The van der Waals surface area contributed by atoms with Gasteiger partial charge >= 0.3 is 5.97 Å². The number of allylic oxidation sites excluding steroid dienone is 2. The lowest BCUT2D eigenvalue weighted by molar-refractivity contribution is -0.138. The van der Waals surface area contributed by atoms with E-state index in [9.17, 15) is 9.59 Å². The number of halogens is 2. The normalized spacial score (nSPS) is 16.0. The second-order valence-electron chi connectivity index (χ2n) is 9.16. The standard InChI is InChI=1S/C31H27Cl2NO5/c1-4-37-24-15-19(14-23(33)30(24)39-16-18-10-12-20(32)13-11-18)26-25(31(36)38-5-2)17(3)34-28-21-8-6-7-9-22(21)29(35)27(26)28/h6-15,26,34H,4-5,16H2,1-3H3/t26-/m0/s1. The molecule has 1 N–H and O–H groups in total. The van der Waals surface area contributed by atoms with Gasteiger partial charge in [0.25, 0.3) is 0 Å². The Bertz CT molecular complexity index is 1520. The van der Waals surface area contributed by atoms with Gasteiger partial charge in [-0.05, 0) is 56.2 Å². The molecule has 0 fully saturated rings. The summed E-state index contributed by atoms with van der Waals surface area (Å²) >= 11 is 12.8. The molecule has 0 bridgehead atoms. The quantitative estimate of drug-likeness (QED) is 0.294. The largest absolute Gasteiger partial charge is 0.490 e. The number of hydrogen-bond donors (Lipinski definition) is 1. The van der Waals surface area contributed by atoms with E-state index in [0.717, 1.165) is 11.1 Å². The van der Waals surface area contributed by atoms with Gasteiger partial charge in [0.2, 0.25) is 0 Å². The first-order valence-corrected chi connectivity index (χ1v) is 13.5. The van der Waals surface area contributed by atoms with Crippen LogP contribution in [0.2, 0.25) is 10.0 Å². The third-order valence-electron chi connectivity index (χ3n) is 6.71. The van der Waals surface area contributed by atoms with Gasteiger partial charge in [-0.25, -0.2) is 4.79 Å². The number of ketones is 1. The topological polar surface area (TPSA) is 73.9 Å². The molecule has 1 heterocycles. The zero-order valence-electron chi connectivity index (χ0n) is 21.8. The first-order chi connectivity index (χ1) is 18.8. The van der Waals surface area contributed by atoms with Crippen LogP contribution in [0.4, 0.5) is 0 Å². The van der Waals surface area contributed by atoms with Gasteiger partial charge in [0.15, 0.2) is 17.3 Å². The SMILES string of the molecule is CCOC(=O)C1=C(C)NC2=C(C(=O)c3ccccc32)[C@H]1c1cc(Cl)c(OCc2ccc(Cl)cc2)c(OCC)c1. The first kappa shape index (κ1) is 26.9. The van der Waals surface area contributed by atoms with Crippen LogP contribution in [0.3, 0.4) is 0 Å². The Hall–Kier alpha value is -3.74. The van der Waals surface area contributed by atoms with E-state index in [1.807, 2.05) is 44.2 Å². The number of carbonyl (C=O) groups is 2. The number of nitrogens with one attached hydrogen (secondary N) is 1. The fourth-order valence-corrected chi connectivity index (χ4v) is 5.44. The third kappa shape index (κ3) is 5.02. The highest BCUT2D eigenvalue weighted by atomic mass is 35.5. The molecule has 0 saturated carbocycles. The van der Waals surface area contributed by atoms with Crippen molar-refractivity contribution in [2.24, 2.45) is 0 Å². The summed E-state index contributed by atoms with van der Waals surface area (Å²) in [5, 5.41) is 4.24. The molecular weight excluding hydrogens is 537 g/mol. The summed E-state index contributed by atoms with van der Waals surface area (Å²) in [6, 6.07) is 18.2. The molecule has 0 amide bonds. The lowest BCUT2D eigenvalue weighted by atomic mass is 9.79. The number of Topliss-reactive ketones (excluding diaryl/α,β-unsaturated/α-hetero) is 1. The molecule has 8 heteroatoms. The Labute approximate surface area is 237 Å². The molecule has 0 radical (unpaired) electrons. The number of dihydropyridines is 1. The molecule has 1 atom stereocenters. The predicted molar refractivity (Wildman–Crippen MR) is 151 cm³/mol. The maximum absolute atomic E-state index is 13.7. The summed E-state index contributed by atoms with van der Waals surface area (Å²) < 4.78 is 17.5. The minimum absolute atomic E-state index is 0.149. The molecule has 1 aliphatic heterocycles. The summed E-state index contributed by atoms with van der Waals surface area (Å²) in [5.41, 5.74) is 5.03. The minimum Gasteiger partial charge on any atom is -0.490 e. The van der Waals surface area contributed by atoms with Crippen molar-refractivity contribution in [3.05, 3.63) is 110 Å². The van der Waals surface area contributed by atoms with Crippen molar-refractivity contribution < 1.29 is 23.8 Å². The van der Waals surface area contributed by atoms with Crippen LogP contribution in [-0.4, -0.2) is 25.0 Å². The average Bonchev–Trinajstić information content (AvgIpc) is 3.20. The molecular formula is C31H27Cl2NO5. The van der Waals surface area contributed by atoms with Crippen molar-refractivity contribution in [2.45, 2.75) is 33.3 Å². The summed E-state index contributed by atoms with van der Waals surface area (Å²) in [5.74, 6) is -0.579. The number of hydrogen-bond acceptors (Lipinski definition) is 6. The van der Waals surface area contributed by atoms with E-state index >= 15 is 0 Å². The molecule has 0 saturated heterocycles. The van der Waals surface area contributed by atoms with Crippen molar-refractivity contribution >= 4 is 40.7 Å². The highest BCUT2D eigenvalue weighted by molar-refractivity contribution is 6.32. The number of benzene rings is 3. The van der Waals surface area contributed by atoms with Crippen molar-refractivity contribution in [2.75, 3.05) is 13.2 Å². The minimum atomic E-state index is -0.720. The van der Waals surface area contributed by atoms with Crippen LogP contribution in [0.15, 0.2) is 77.5 Å². The van der Waals surface area contributed by atoms with Gasteiger partial charge < -0.3 is 19.5 Å². The van der Waals surface area contributed by atoms with Gasteiger partial charge in [-0.15, -0.1) is 0 Å². The Morgan fingerprint density at radius 2 is 1.67 bits per heavy atom. The highest BCUT2D eigenvalue weighted by Gasteiger charge is 2.43. The lowest BCUT2D eigenvalue weighted by Crippen LogP contribution is -2.29. The van der Waals surface area contributed by atoms with Crippen LogP contribution >= 0.6 is 23.2 Å². The molecule has 39 heavy (non-hydrogen) atoms. The molecule has 1 aliphatic carbocycles. The number of carbonyl (C=O) groups excluding carboxylic acids is 2. The predicted octanol–water partition coefficient (Wildman–Crippen LogP) is 7.10. The molecule has 3 aromatic carbocycles. The van der Waals surface area contributed by atoms with Gasteiger partial charge in [-0.1, -0.05) is 59.6 Å². The second-order valence-corrected chi connectivity index (χ2v) is 10.0. The van der Waals surface area contributed by atoms with Gasteiger partial charge in [0, 0.05) is 33.3 Å². The molecule has 5 rings (SSSR count). The zero-order valence-corrected chi connectivity index (χ0v) is 23.3. The van der Waals surface area contributed by atoms with E-state index in [0.29, 0.717) is 61.8 Å². The zero-order chi connectivity index (χ0) is 27.7. The van der Waals surface area contributed by atoms with Crippen molar-refractivity contribution in [1.29, 1.82) is 0 Å². The van der Waals surface area contributed by atoms with Gasteiger partial charge in [-0.2, -0.15) is 0 Å². The first-order valence-electron chi connectivity index (χ1n) is 12.7. The molecule has 200 valence electrons. The Morgan fingerprint density at radius 3 is 2.36 bits per heavy atom. The number of fused-ring (bicyclic) bond motifs is 2. The summed E-state index contributed by atoms with van der Waals surface area (Å²) in [6.07, 6.45) is 0. The summed E-state index contributed by atoms with van der Waals surface area (Å²) in [4.78, 5) is 27.0. The van der Waals surface area contributed by atoms with Crippen LogP contribution in [0.25, 0.3) is 5.70 Å². The second kappa shape index (κ2) is 11.2. The van der Waals surface area contributed by atoms with Crippen molar-refractivity contribution in [3.63, 3.8) is 0 Å².